The lowest BCUT2D eigenvalue weighted by molar-refractivity contribution is 0.415. The van der Waals surface area contributed by atoms with Gasteiger partial charge < -0.3 is 10.1 Å². The van der Waals surface area contributed by atoms with Crippen molar-refractivity contribution in [3.8, 4) is 11.6 Å². The van der Waals surface area contributed by atoms with E-state index in [4.69, 9.17) is 4.74 Å². The molecule has 112 valence electrons. The van der Waals surface area contributed by atoms with Gasteiger partial charge in [-0.3, -0.25) is 0 Å². The predicted molar refractivity (Wildman–Crippen MR) is 82.3 cm³/mol. The van der Waals surface area contributed by atoms with Crippen LogP contribution in [0.1, 0.15) is 36.5 Å². The smallest absolute Gasteiger partial charge is 0.256 e. The summed E-state index contributed by atoms with van der Waals surface area (Å²) in [6, 6.07) is 7.65. The molecule has 1 N–H and O–H groups in total. The lowest BCUT2D eigenvalue weighted by Crippen LogP contribution is -2.08. The number of pyridine rings is 1. The van der Waals surface area contributed by atoms with Crippen LogP contribution in [0.5, 0.6) is 11.6 Å². The molecule has 3 nitrogen and oxygen atoms in total. The highest BCUT2D eigenvalue weighted by Gasteiger charge is 2.13. The molecule has 0 fully saturated rings. The van der Waals surface area contributed by atoms with Crippen molar-refractivity contribution in [2.45, 2.75) is 33.2 Å². The summed E-state index contributed by atoms with van der Waals surface area (Å²) in [6.45, 7) is 6.60. The highest BCUT2D eigenvalue weighted by Crippen LogP contribution is 2.29. The minimum absolute atomic E-state index is 0.0201. The zero-order valence-corrected chi connectivity index (χ0v) is 12.9. The SMILES string of the molecule is CNCc1ccnc(Oc2cc(C(C)C)ccc2C)c1F. The first-order chi connectivity index (χ1) is 10.0. The van der Waals surface area contributed by atoms with Gasteiger partial charge in [0, 0.05) is 18.3 Å². The van der Waals surface area contributed by atoms with Crippen LogP contribution in [0.2, 0.25) is 0 Å². The van der Waals surface area contributed by atoms with Crippen molar-refractivity contribution in [2.75, 3.05) is 7.05 Å². The third kappa shape index (κ3) is 3.58. The topological polar surface area (TPSA) is 34.2 Å². The van der Waals surface area contributed by atoms with Crippen molar-refractivity contribution in [2.24, 2.45) is 0 Å². The Labute approximate surface area is 125 Å². The summed E-state index contributed by atoms with van der Waals surface area (Å²) in [5.41, 5.74) is 2.65. The van der Waals surface area contributed by atoms with E-state index in [1.807, 2.05) is 19.1 Å². The second-order valence-electron chi connectivity index (χ2n) is 5.40. The molecule has 21 heavy (non-hydrogen) atoms. The molecule has 0 aliphatic heterocycles. The fraction of sp³-hybridized carbons (Fsp3) is 0.353. The molecule has 0 saturated carbocycles. The van der Waals surface area contributed by atoms with Crippen LogP contribution >= 0.6 is 0 Å². The second-order valence-corrected chi connectivity index (χ2v) is 5.40. The Hall–Kier alpha value is -1.94. The van der Waals surface area contributed by atoms with E-state index in [-0.39, 0.29) is 5.88 Å². The van der Waals surface area contributed by atoms with E-state index in [1.54, 1.807) is 19.3 Å². The number of benzene rings is 1. The third-order valence-electron chi connectivity index (χ3n) is 3.39. The molecule has 0 spiro atoms. The quantitative estimate of drug-likeness (QED) is 0.897. The normalized spacial score (nSPS) is 11.0. The largest absolute Gasteiger partial charge is 0.436 e. The van der Waals surface area contributed by atoms with Crippen LogP contribution in [-0.4, -0.2) is 12.0 Å². The molecule has 1 aromatic heterocycles. The molecule has 2 rings (SSSR count). The molecule has 0 bridgehead atoms. The number of hydrogen-bond acceptors (Lipinski definition) is 3. The van der Waals surface area contributed by atoms with Crippen LogP contribution in [0, 0.1) is 12.7 Å². The Morgan fingerprint density at radius 3 is 2.71 bits per heavy atom. The number of nitrogens with zero attached hydrogens (tertiary/aromatic N) is 1. The van der Waals surface area contributed by atoms with Crippen molar-refractivity contribution in [3.05, 3.63) is 53.0 Å². The van der Waals surface area contributed by atoms with Gasteiger partial charge in [-0.25, -0.2) is 9.37 Å². The summed E-state index contributed by atoms with van der Waals surface area (Å²) < 4.78 is 20.0. The molecular weight excluding hydrogens is 267 g/mol. The van der Waals surface area contributed by atoms with Crippen LogP contribution < -0.4 is 10.1 Å². The van der Waals surface area contributed by atoms with Crippen LogP contribution in [-0.2, 0) is 6.54 Å². The van der Waals surface area contributed by atoms with Gasteiger partial charge in [0.05, 0.1) is 0 Å². The summed E-state index contributed by atoms with van der Waals surface area (Å²) in [6.07, 6.45) is 1.56. The Kier molecular flexibility index (Phi) is 4.91. The first-order valence-electron chi connectivity index (χ1n) is 7.09. The van der Waals surface area contributed by atoms with Gasteiger partial charge in [0.15, 0.2) is 5.82 Å². The van der Waals surface area contributed by atoms with Gasteiger partial charge in [0.25, 0.3) is 5.88 Å². The number of nitrogens with one attached hydrogen (secondary N) is 1. The summed E-state index contributed by atoms with van der Waals surface area (Å²) >= 11 is 0. The zero-order valence-electron chi connectivity index (χ0n) is 12.9. The van der Waals surface area contributed by atoms with Crippen LogP contribution in [0.25, 0.3) is 0 Å². The van der Waals surface area contributed by atoms with Gasteiger partial charge in [0.1, 0.15) is 5.75 Å². The fourth-order valence-electron chi connectivity index (χ4n) is 2.05. The van der Waals surface area contributed by atoms with Gasteiger partial charge >= 0.3 is 0 Å². The molecule has 2 aromatic rings. The number of ether oxygens (including phenoxy) is 1. The standard InChI is InChI=1S/C17H21FN2O/c1-11(2)13-6-5-12(3)15(9-13)21-17-16(18)14(10-19-4)7-8-20-17/h5-9,11,19H,10H2,1-4H3. The molecule has 4 heteroatoms. The third-order valence-corrected chi connectivity index (χ3v) is 3.39. The lowest BCUT2D eigenvalue weighted by atomic mass is 10.0. The summed E-state index contributed by atoms with van der Waals surface area (Å²) in [4.78, 5) is 4.01. The number of rotatable bonds is 5. The van der Waals surface area contributed by atoms with E-state index in [9.17, 15) is 4.39 Å². The molecule has 0 amide bonds. The van der Waals surface area contributed by atoms with Crippen molar-refractivity contribution in [1.29, 1.82) is 0 Å². The van der Waals surface area contributed by atoms with E-state index in [2.05, 4.69) is 30.2 Å². The maximum absolute atomic E-state index is 14.3. The van der Waals surface area contributed by atoms with Crippen molar-refractivity contribution < 1.29 is 9.13 Å². The van der Waals surface area contributed by atoms with Gasteiger partial charge in [-0.1, -0.05) is 26.0 Å². The van der Waals surface area contributed by atoms with E-state index in [1.165, 1.54) is 0 Å². The Bertz CT molecular complexity index is 626. The predicted octanol–water partition coefficient (Wildman–Crippen LogP) is 4.16. The fourth-order valence-corrected chi connectivity index (χ4v) is 2.05. The average molecular weight is 288 g/mol. The van der Waals surface area contributed by atoms with Crippen molar-refractivity contribution in [1.82, 2.24) is 10.3 Å². The monoisotopic (exact) mass is 288 g/mol. The van der Waals surface area contributed by atoms with Crippen LogP contribution in [0.3, 0.4) is 0 Å². The molecule has 0 saturated heterocycles. The van der Waals surface area contributed by atoms with Gasteiger partial charge in [0.2, 0.25) is 0 Å². The maximum Gasteiger partial charge on any atom is 0.256 e. The lowest BCUT2D eigenvalue weighted by Gasteiger charge is -2.13. The molecule has 0 atom stereocenters. The van der Waals surface area contributed by atoms with E-state index >= 15 is 0 Å². The van der Waals surface area contributed by atoms with Gasteiger partial charge in [-0.05, 0) is 43.1 Å². The van der Waals surface area contributed by atoms with E-state index in [0.717, 1.165) is 11.1 Å². The van der Waals surface area contributed by atoms with Crippen molar-refractivity contribution in [3.63, 3.8) is 0 Å². The molecule has 0 unspecified atom stereocenters. The summed E-state index contributed by atoms with van der Waals surface area (Å²) in [5, 5.41) is 2.93. The van der Waals surface area contributed by atoms with Crippen LogP contribution in [0.15, 0.2) is 30.5 Å². The molecule has 0 radical (unpaired) electrons. The highest BCUT2D eigenvalue weighted by atomic mass is 19.1. The Balaban J connectivity index is 2.34. The zero-order chi connectivity index (χ0) is 15.4. The average Bonchev–Trinajstić information content (AvgIpc) is 2.45. The second kappa shape index (κ2) is 6.68. The van der Waals surface area contributed by atoms with Crippen molar-refractivity contribution >= 4 is 0 Å². The van der Waals surface area contributed by atoms with Crippen LogP contribution in [0.4, 0.5) is 4.39 Å². The highest BCUT2D eigenvalue weighted by molar-refractivity contribution is 5.40. The first-order valence-corrected chi connectivity index (χ1v) is 7.09. The minimum atomic E-state index is -0.416. The first kappa shape index (κ1) is 15.4. The molecule has 0 aliphatic carbocycles. The summed E-state index contributed by atoms with van der Waals surface area (Å²) in [7, 11) is 1.77. The Morgan fingerprint density at radius 2 is 2.05 bits per heavy atom. The van der Waals surface area contributed by atoms with Gasteiger partial charge in [-0.2, -0.15) is 0 Å². The molecule has 0 aliphatic rings. The molecule has 1 aromatic carbocycles. The number of halogens is 1. The number of aryl methyl sites for hydroxylation is 1. The maximum atomic E-state index is 14.3. The van der Waals surface area contributed by atoms with Gasteiger partial charge in [-0.15, -0.1) is 0 Å². The minimum Gasteiger partial charge on any atom is -0.436 e. The number of aromatic nitrogens is 1. The number of hydrogen-bond donors (Lipinski definition) is 1. The molecule has 1 heterocycles. The molecular formula is C17H21FN2O. The van der Waals surface area contributed by atoms with E-state index < -0.39 is 5.82 Å². The Morgan fingerprint density at radius 1 is 1.29 bits per heavy atom. The summed E-state index contributed by atoms with van der Waals surface area (Å²) in [5.74, 6) is 0.642. The van der Waals surface area contributed by atoms with E-state index in [0.29, 0.717) is 23.8 Å².